The van der Waals surface area contributed by atoms with E-state index in [-0.39, 0.29) is 17.9 Å². The van der Waals surface area contributed by atoms with Crippen LogP contribution in [-0.2, 0) is 4.79 Å². The molecule has 6 rings (SSSR count). The zero-order valence-electron chi connectivity index (χ0n) is 17.5. The first-order valence-corrected chi connectivity index (χ1v) is 11.5. The van der Waals surface area contributed by atoms with Crippen LogP contribution in [0, 0.1) is 17.6 Å². The first kappa shape index (κ1) is 20.4. The molecule has 0 radical (unpaired) electrons. The van der Waals surface area contributed by atoms with E-state index in [2.05, 4.69) is 24.7 Å². The number of halogens is 2. The largest absolute Gasteiger partial charge is 0.346 e. The van der Waals surface area contributed by atoms with Gasteiger partial charge in [0.1, 0.15) is 11.5 Å². The van der Waals surface area contributed by atoms with Gasteiger partial charge in [0.25, 0.3) is 0 Å². The molecule has 3 aromatic heterocycles. The van der Waals surface area contributed by atoms with Crippen molar-refractivity contribution in [1.82, 2.24) is 24.1 Å². The van der Waals surface area contributed by atoms with Crippen molar-refractivity contribution in [2.45, 2.75) is 23.8 Å². The standard InChI is InChI=1S/C23H20F2N6OS/c24-19-4-3-16(7-20(19)25)33-30-11-15(12-30)31-10-14(9-27-31)18-8-21(29-23(32)13-1-2-13)28-22-17(18)5-6-26-22/h3-10,13,15H,1-2,11-12H2,(H2,26,28,29,32). The zero-order chi connectivity index (χ0) is 22.5. The summed E-state index contributed by atoms with van der Waals surface area (Å²) >= 11 is 1.41. The number of H-pyrrole nitrogens is 1. The molecule has 168 valence electrons. The lowest BCUT2D eigenvalue weighted by molar-refractivity contribution is -0.117. The molecule has 33 heavy (non-hydrogen) atoms. The Kier molecular flexibility index (Phi) is 4.92. The van der Waals surface area contributed by atoms with Crippen molar-refractivity contribution in [3.63, 3.8) is 0 Å². The number of carbonyl (C=O) groups is 1. The van der Waals surface area contributed by atoms with Gasteiger partial charge in [0.05, 0.1) is 12.2 Å². The molecule has 1 aliphatic carbocycles. The molecular weight excluding hydrogens is 446 g/mol. The molecule has 0 bridgehead atoms. The van der Waals surface area contributed by atoms with E-state index in [4.69, 9.17) is 0 Å². The van der Waals surface area contributed by atoms with Crippen LogP contribution in [0.4, 0.5) is 14.6 Å². The Bertz CT molecular complexity index is 1360. The second-order valence-electron chi connectivity index (χ2n) is 8.44. The van der Waals surface area contributed by atoms with Crippen LogP contribution >= 0.6 is 11.9 Å². The Morgan fingerprint density at radius 3 is 2.79 bits per heavy atom. The van der Waals surface area contributed by atoms with E-state index in [1.807, 2.05) is 35.4 Å². The Morgan fingerprint density at radius 2 is 2.00 bits per heavy atom. The van der Waals surface area contributed by atoms with Crippen LogP contribution in [0.1, 0.15) is 18.9 Å². The summed E-state index contributed by atoms with van der Waals surface area (Å²) in [6, 6.07) is 7.98. The van der Waals surface area contributed by atoms with Crippen molar-refractivity contribution < 1.29 is 13.6 Å². The second kappa shape index (κ2) is 7.96. The fourth-order valence-corrected chi connectivity index (χ4v) is 5.01. The molecule has 2 N–H and O–H groups in total. The molecule has 1 saturated heterocycles. The summed E-state index contributed by atoms with van der Waals surface area (Å²) in [4.78, 5) is 20.5. The summed E-state index contributed by atoms with van der Waals surface area (Å²) in [6.07, 6.45) is 7.52. The number of aromatic amines is 1. The number of hydrogen-bond donors (Lipinski definition) is 2. The predicted molar refractivity (Wildman–Crippen MR) is 121 cm³/mol. The maximum atomic E-state index is 13.4. The van der Waals surface area contributed by atoms with E-state index in [9.17, 15) is 13.6 Å². The molecule has 1 aromatic carbocycles. The first-order chi connectivity index (χ1) is 16.0. The smallest absolute Gasteiger partial charge is 0.228 e. The van der Waals surface area contributed by atoms with Crippen molar-refractivity contribution in [1.29, 1.82) is 0 Å². The third-order valence-corrected chi connectivity index (χ3v) is 6.99. The summed E-state index contributed by atoms with van der Waals surface area (Å²) in [5.74, 6) is -1.03. The van der Waals surface area contributed by atoms with Gasteiger partial charge in [-0.25, -0.2) is 18.1 Å². The van der Waals surface area contributed by atoms with E-state index in [0.29, 0.717) is 16.4 Å². The van der Waals surface area contributed by atoms with Crippen molar-refractivity contribution in [2.75, 3.05) is 18.4 Å². The lowest BCUT2D eigenvalue weighted by Crippen LogP contribution is -2.43. The summed E-state index contributed by atoms with van der Waals surface area (Å²) in [6.45, 7) is 1.48. The maximum absolute atomic E-state index is 13.4. The van der Waals surface area contributed by atoms with E-state index in [0.717, 1.165) is 48.5 Å². The van der Waals surface area contributed by atoms with Gasteiger partial charge < -0.3 is 10.3 Å². The van der Waals surface area contributed by atoms with Gasteiger partial charge in [0.2, 0.25) is 5.91 Å². The molecular formula is C23H20F2N6OS. The van der Waals surface area contributed by atoms with Gasteiger partial charge in [-0.15, -0.1) is 0 Å². The molecule has 0 atom stereocenters. The quantitative estimate of drug-likeness (QED) is 0.406. The van der Waals surface area contributed by atoms with Gasteiger partial charge >= 0.3 is 0 Å². The molecule has 10 heteroatoms. The van der Waals surface area contributed by atoms with Gasteiger partial charge in [-0.3, -0.25) is 9.48 Å². The normalized spacial score (nSPS) is 16.8. The summed E-state index contributed by atoms with van der Waals surface area (Å²) in [5.41, 5.74) is 2.60. The molecule has 2 aliphatic rings. The summed E-state index contributed by atoms with van der Waals surface area (Å²) in [7, 11) is 0. The highest BCUT2D eigenvalue weighted by atomic mass is 32.2. The number of anilines is 1. The number of nitrogens with one attached hydrogen (secondary N) is 2. The molecule has 7 nitrogen and oxygen atoms in total. The van der Waals surface area contributed by atoms with Crippen molar-refractivity contribution in [2.24, 2.45) is 5.92 Å². The third-order valence-electron chi connectivity index (χ3n) is 5.97. The highest BCUT2D eigenvalue weighted by molar-refractivity contribution is 7.97. The van der Waals surface area contributed by atoms with Gasteiger partial charge in [0, 0.05) is 47.2 Å². The number of aromatic nitrogens is 4. The fourth-order valence-electron chi connectivity index (χ4n) is 3.93. The van der Waals surface area contributed by atoms with Crippen LogP contribution in [0.25, 0.3) is 22.2 Å². The molecule has 1 saturated carbocycles. The molecule has 1 amide bonds. The van der Waals surface area contributed by atoms with Gasteiger partial charge in [-0.1, -0.05) is 0 Å². The molecule has 1 aliphatic heterocycles. The minimum Gasteiger partial charge on any atom is -0.346 e. The third kappa shape index (κ3) is 4.00. The fraction of sp³-hybridized carbons (Fsp3) is 0.261. The van der Waals surface area contributed by atoms with Crippen LogP contribution in [0.3, 0.4) is 0 Å². The van der Waals surface area contributed by atoms with Crippen molar-refractivity contribution in [3.05, 3.63) is 60.6 Å². The number of nitrogens with zero attached hydrogens (tertiary/aromatic N) is 4. The SMILES string of the molecule is O=C(Nc1cc(-c2cnn(C3CN(Sc4ccc(F)c(F)c4)C3)c2)c2cc[nH]c2n1)C1CC1. The van der Waals surface area contributed by atoms with Crippen LogP contribution in [0.5, 0.6) is 0 Å². The number of fused-ring (bicyclic) bond motifs is 1. The molecule has 2 fully saturated rings. The molecule has 0 spiro atoms. The molecule has 0 unspecified atom stereocenters. The van der Waals surface area contributed by atoms with Crippen LogP contribution in [0.2, 0.25) is 0 Å². The van der Waals surface area contributed by atoms with Crippen LogP contribution < -0.4 is 5.32 Å². The number of amides is 1. The Morgan fingerprint density at radius 1 is 1.15 bits per heavy atom. The minimum absolute atomic E-state index is 0.0168. The van der Waals surface area contributed by atoms with Crippen LogP contribution in [0.15, 0.2) is 53.8 Å². The lowest BCUT2D eigenvalue weighted by Gasteiger charge is -2.37. The number of rotatable bonds is 6. The van der Waals surface area contributed by atoms with E-state index < -0.39 is 11.6 Å². The summed E-state index contributed by atoms with van der Waals surface area (Å²) < 4.78 is 30.6. The topological polar surface area (TPSA) is 78.8 Å². The number of pyridine rings is 1. The van der Waals surface area contributed by atoms with Gasteiger partial charge in [-0.2, -0.15) is 5.10 Å². The molecule has 4 heterocycles. The van der Waals surface area contributed by atoms with Crippen molar-refractivity contribution in [3.8, 4) is 11.1 Å². The predicted octanol–water partition coefficient (Wildman–Crippen LogP) is 4.62. The van der Waals surface area contributed by atoms with E-state index in [1.165, 1.54) is 18.0 Å². The van der Waals surface area contributed by atoms with E-state index in [1.54, 1.807) is 6.07 Å². The highest BCUT2D eigenvalue weighted by Gasteiger charge is 2.31. The average molecular weight is 467 g/mol. The maximum Gasteiger partial charge on any atom is 0.228 e. The van der Waals surface area contributed by atoms with Crippen molar-refractivity contribution >= 4 is 34.7 Å². The van der Waals surface area contributed by atoms with E-state index >= 15 is 0 Å². The first-order valence-electron chi connectivity index (χ1n) is 10.7. The number of carbonyl (C=O) groups excluding carboxylic acids is 1. The average Bonchev–Trinajstić information content (AvgIpc) is 3.33. The minimum atomic E-state index is -0.840. The van der Waals surface area contributed by atoms with Gasteiger partial charge in [0.15, 0.2) is 11.6 Å². The Labute approximate surface area is 192 Å². The lowest BCUT2D eigenvalue weighted by atomic mass is 10.1. The monoisotopic (exact) mass is 466 g/mol. The number of hydrogen-bond acceptors (Lipinski definition) is 5. The molecule has 4 aromatic rings. The van der Waals surface area contributed by atoms with Crippen LogP contribution in [-0.4, -0.2) is 43.1 Å². The van der Waals surface area contributed by atoms with Gasteiger partial charge in [-0.05, 0) is 60.7 Å². The highest BCUT2D eigenvalue weighted by Crippen LogP contribution is 2.36. The second-order valence-corrected chi connectivity index (χ2v) is 9.61. The summed E-state index contributed by atoms with van der Waals surface area (Å²) in [5, 5.41) is 8.44. The zero-order valence-corrected chi connectivity index (χ0v) is 18.3. The number of benzene rings is 1. The Hall–Kier alpha value is -3.24. The Balaban J connectivity index is 1.18.